The summed E-state index contributed by atoms with van der Waals surface area (Å²) in [4.78, 5) is 27.7. The van der Waals surface area contributed by atoms with Gasteiger partial charge in [-0.05, 0) is 30.9 Å². The van der Waals surface area contributed by atoms with E-state index >= 15 is 0 Å². The average molecular weight is 396 g/mol. The van der Waals surface area contributed by atoms with Gasteiger partial charge in [0.15, 0.2) is 5.69 Å². The van der Waals surface area contributed by atoms with Crippen LogP contribution in [0.15, 0.2) is 30.3 Å². The summed E-state index contributed by atoms with van der Waals surface area (Å²) in [5, 5.41) is 17.0. The van der Waals surface area contributed by atoms with Crippen LogP contribution in [0.25, 0.3) is 0 Å². The highest BCUT2D eigenvalue weighted by molar-refractivity contribution is 5.98. The van der Waals surface area contributed by atoms with Gasteiger partial charge in [-0.1, -0.05) is 43.5 Å². The molecule has 2 aromatic rings. The van der Waals surface area contributed by atoms with Crippen LogP contribution in [0, 0.1) is 6.92 Å². The van der Waals surface area contributed by atoms with Gasteiger partial charge in [0.25, 0.3) is 11.8 Å². The molecular weight excluding hydrogens is 368 g/mol. The topological polar surface area (TPSA) is 87.5 Å². The zero-order valence-electron chi connectivity index (χ0n) is 16.8. The molecule has 1 saturated carbocycles. The lowest BCUT2D eigenvalue weighted by atomic mass is 9.93. The molecule has 2 amide bonds. The van der Waals surface area contributed by atoms with E-state index in [1.165, 1.54) is 11.1 Å². The highest BCUT2D eigenvalue weighted by Crippen LogP contribution is 2.26. The van der Waals surface area contributed by atoms with E-state index in [4.69, 9.17) is 0 Å². The molecule has 29 heavy (non-hydrogen) atoms. The number of carbonyl (C=O) groups is 2. The number of carbonyl (C=O) groups excluding carboxylic acids is 2. The Morgan fingerprint density at radius 1 is 1.28 bits per heavy atom. The number of nitrogens with one attached hydrogen (secondary N) is 1. The van der Waals surface area contributed by atoms with E-state index in [-0.39, 0.29) is 36.6 Å². The molecule has 0 radical (unpaired) electrons. The van der Waals surface area contributed by atoms with Crippen molar-refractivity contribution in [2.24, 2.45) is 0 Å². The van der Waals surface area contributed by atoms with Crippen LogP contribution in [0.3, 0.4) is 0 Å². The zero-order chi connectivity index (χ0) is 20.4. The second-order valence-electron chi connectivity index (χ2n) is 8.11. The third-order valence-corrected chi connectivity index (χ3v) is 5.99. The molecule has 2 heterocycles. The van der Waals surface area contributed by atoms with Crippen molar-refractivity contribution in [3.63, 3.8) is 0 Å². The van der Waals surface area contributed by atoms with Crippen molar-refractivity contribution in [2.45, 2.75) is 64.3 Å². The van der Waals surface area contributed by atoms with E-state index in [9.17, 15) is 14.7 Å². The second kappa shape index (κ2) is 8.37. The lowest BCUT2D eigenvalue weighted by Gasteiger charge is -2.34. The first-order valence-corrected chi connectivity index (χ1v) is 10.4. The smallest absolute Gasteiger partial charge is 0.274 e. The quantitative estimate of drug-likeness (QED) is 0.830. The third-order valence-electron chi connectivity index (χ3n) is 5.99. The van der Waals surface area contributed by atoms with Crippen LogP contribution in [-0.2, 0) is 13.1 Å². The van der Waals surface area contributed by atoms with E-state index in [0.717, 1.165) is 36.8 Å². The number of aromatic nitrogens is 2. The summed E-state index contributed by atoms with van der Waals surface area (Å²) in [7, 11) is 0. The number of aliphatic hydroxyl groups excluding tert-OH is 1. The number of β-amino-alcohol motifs (C(OH)–C–C–N with tert-alkyl or cyclic N) is 1. The predicted octanol–water partition coefficient (Wildman–Crippen LogP) is 2.27. The monoisotopic (exact) mass is 396 g/mol. The van der Waals surface area contributed by atoms with E-state index in [0.29, 0.717) is 12.2 Å². The molecule has 4 rings (SSSR count). The number of aryl methyl sites for hydroxylation is 1. The summed E-state index contributed by atoms with van der Waals surface area (Å²) >= 11 is 0. The SMILES string of the molecule is Cc1ccccc1CN(C(=O)c1cc2n(n1)C[C@H](O)CNC2=O)C1CCCCC1. The molecule has 1 aromatic carbocycles. The highest BCUT2D eigenvalue weighted by Gasteiger charge is 2.30. The van der Waals surface area contributed by atoms with Crippen molar-refractivity contribution in [1.29, 1.82) is 0 Å². The largest absolute Gasteiger partial charge is 0.389 e. The Kier molecular flexibility index (Phi) is 5.67. The molecule has 7 nitrogen and oxygen atoms in total. The van der Waals surface area contributed by atoms with Gasteiger partial charge >= 0.3 is 0 Å². The van der Waals surface area contributed by atoms with Gasteiger partial charge in [-0.15, -0.1) is 0 Å². The number of fused-ring (bicyclic) bond motifs is 1. The number of nitrogens with zero attached hydrogens (tertiary/aromatic N) is 3. The highest BCUT2D eigenvalue weighted by atomic mass is 16.3. The molecule has 0 unspecified atom stereocenters. The number of hydrogen-bond donors (Lipinski definition) is 2. The lowest BCUT2D eigenvalue weighted by Crippen LogP contribution is -2.41. The van der Waals surface area contributed by atoms with Crippen molar-refractivity contribution in [3.8, 4) is 0 Å². The molecular formula is C22H28N4O3. The maximum Gasteiger partial charge on any atom is 0.274 e. The summed E-state index contributed by atoms with van der Waals surface area (Å²) in [5.74, 6) is -0.459. The Labute approximate surface area is 170 Å². The van der Waals surface area contributed by atoms with Crippen LogP contribution in [0.2, 0.25) is 0 Å². The molecule has 1 aliphatic carbocycles. The summed E-state index contributed by atoms with van der Waals surface area (Å²) in [6.45, 7) is 2.98. The van der Waals surface area contributed by atoms with Gasteiger partial charge in [0, 0.05) is 25.2 Å². The van der Waals surface area contributed by atoms with Crippen LogP contribution < -0.4 is 5.32 Å². The average Bonchev–Trinajstić information content (AvgIpc) is 3.10. The first-order valence-electron chi connectivity index (χ1n) is 10.4. The molecule has 154 valence electrons. The number of rotatable bonds is 4. The van der Waals surface area contributed by atoms with Crippen molar-refractivity contribution >= 4 is 11.8 Å². The Morgan fingerprint density at radius 3 is 2.79 bits per heavy atom. The fourth-order valence-corrected chi connectivity index (χ4v) is 4.29. The standard InChI is InChI=1S/C22H28N4O3/c1-15-7-5-6-8-16(15)13-25(17-9-3-2-4-10-17)22(29)19-11-20-21(28)23-12-18(27)14-26(20)24-19/h5-8,11,17-18,27H,2-4,9-10,12-14H2,1H3,(H,23,28)/t18-/m1/s1. The van der Waals surface area contributed by atoms with Gasteiger partial charge in [0.2, 0.25) is 0 Å². The molecule has 0 spiro atoms. The fourth-order valence-electron chi connectivity index (χ4n) is 4.29. The van der Waals surface area contributed by atoms with Gasteiger partial charge in [-0.3, -0.25) is 14.3 Å². The summed E-state index contributed by atoms with van der Waals surface area (Å²) < 4.78 is 1.45. The number of aliphatic hydroxyl groups is 1. The molecule has 0 saturated heterocycles. The van der Waals surface area contributed by atoms with Crippen molar-refractivity contribution in [3.05, 3.63) is 52.8 Å². The molecule has 2 N–H and O–H groups in total. The summed E-state index contributed by atoms with van der Waals surface area (Å²) in [6, 6.07) is 9.85. The van der Waals surface area contributed by atoms with Gasteiger partial charge in [0.1, 0.15) is 5.69 Å². The Bertz CT molecular complexity index is 901. The second-order valence-corrected chi connectivity index (χ2v) is 8.11. The molecule has 2 aliphatic rings. The van der Waals surface area contributed by atoms with Crippen LogP contribution in [0.4, 0.5) is 0 Å². The van der Waals surface area contributed by atoms with Gasteiger partial charge in [0.05, 0.1) is 12.6 Å². The van der Waals surface area contributed by atoms with Crippen LogP contribution >= 0.6 is 0 Å². The third kappa shape index (κ3) is 4.19. The minimum atomic E-state index is -0.718. The lowest BCUT2D eigenvalue weighted by molar-refractivity contribution is 0.0605. The predicted molar refractivity (Wildman–Crippen MR) is 108 cm³/mol. The van der Waals surface area contributed by atoms with E-state index in [2.05, 4.69) is 29.5 Å². The van der Waals surface area contributed by atoms with Crippen molar-refractivity contribution in [1.82, 2.24) is 20.0 Å². The molecule has 1 aromatic heterocycles. The fraction of sp³-hybridized carbons (Fsp3) is 0.500. The van der Waals surface area contributed by atoms with Crippen LogP contribution in [0.5, 0.6) is 0 Å². The van der Waals surface area contributed by atoms with Crippen molar-refractivity contribution in [2.75, 3.05) is 6.54 Å². The molecule has 7 heteroatoms. The molecule has 1 fully saturated rings. The number of benzene rings is 1. The Hall–Kier alpha value is -2.67. The Balaban J connectivity index is 1.64. The van der Waals surface area contributed by atoms with Gasteiger partial charge in [-0.25, -0.2) is 0 Å². The molecule has 0 bridgehead atoms. The minimum absolute atomic E-state index is 0.150. The normalized spacial score (nSPS) is 19.9. The minimum Gasteiger partial charge on any atom is -0.389 e. The van der Waals surface area contributed by atoms with Gasteiger partial charge < -0.3 is 15.3 Å². The molecule has 1 aliphatic heterocycles. The van der Waals surface area contributed by atoms with E-state index < -0.39 is 6.10 Å². The first-order chi connectivity index (χ1) is 14.0. The van der Waals surface area contributed by atoms with Crippen LogP contribution in [-0.4, -0.2) is 50.3 Å². The molecule has 1 atom stereocenters. The number of amides is 2. The first kappa shape index (κ1) is 19.6. The van der Waals surface area contributed by atoms with E-state index in [1.807, 2.05) is 17.0 Å². The maximum absolute atomic E-state index is 13.5. The maximum atomic E-state index is 13.5. The van der Waals surface area contributed by atoms with Gasteiger partial charge in [-0.2, -0.15) is 5.10 Å². The zero-order valence-corrected chi connectivity index (χ0v) is 16.8. The van der Waals surface area contributed by atoms with E-state index in [1.54, 1.807) is 6.07 Å². The number of hydrogen-bond acceptors (Lipinski definition) is 4. The van der Waals surface area contributed by atoms with Crippen LogP contribution in [0.1, 0.15) is 64.2 Å². The Morgan fingerprint density at radius 2 is 2.03 bits per heavy atom. The van der Waals surface area contributed by atoms with Crippen molar-refractivity contribution < 1.29 is 14.7 Å². The summed E-state index contributed by atoms with van der Waals surface area (Å²) in [6.07, 6.45) is 4.71. The summed E-state index contributed by atoms with van der Waals surface area (Å²) in [5.41, 5.74) is 2.87.